The second kappa shape index (κ2) is 18.1. The van der Waals surface area contributed by atoms with Crippen LogP contribution in [0.1, 0.15) is 75.8 Å². The molecule has 1 saturated carbocycles. The summed E-state index contributed by atoms with van der Waals surface area (Å²) in [6.45, 7) is 2.47. The van der Waals surface area contributed by atoms with Crippen molar-refractivity contribution in [3.05, 3.63) is 71.8 Å². The van der Waals surface area contributed by atoms with Gasteiger partial charge in [0.15, 0.2) is 0 Å². The summed E-state index contributed by atoms with van der Waals surface area (Å²) < 4.78 is 0. The Morgan fingerprint density at radius 1 is 0.896 bits per heavy atom. The standard InChI is InChI=1S/C37H49N5O6/c1-3-12-30(42(2)37(48)32(27-17-10-11-18-27)41-31(43)20-19-25-13-6-4-7-14-25)35(46)40-29(23-28-21-22-38-34(28)45)33(44)36(47)39-24-26-15-8-5-9-16-26/h4-9,13-16,27-30,32H,3,10-12,17-24H2,1-2H3,(H,38,45)(H,39,47)(H,40,46)(H,41,43)/t28-,29-,30-,32+/m0/s1. The molecule has 2 aliphatic rings. The van der Waals surface area contributed by atoms with Crippen LogP contribution in [0.25, 0.3) is 0 Å². The van der Waals surface area contributed by atoms with E-state index < -0.39 is 41.6 Å². The van der Waals surface area contributed by atoms with Crippen LogP contribution in [0.15, 0.2) is 60.7 Å². The minimum absolute atomic E-state index is 0.0339. The van der Waals surface area contributed by atoms with E-state index in [9.17, 15) is 28.8 Å². The Hall–Kier alpha value is -4.54. The largest absolute Gasteiger partial charge is 0.356 e. The highest BCUT2D eigenvalue weighted by Crippen LogP contribution is 2.29. The minimum atomic E-state index is -1.26. The van der Waals surface area contributed by atoms with Crippen molar-refractivity contribution >= 4 is 35.3 Å². The summed E-state index contributed by atoms with van der Waals surface area (Å²) in [5.74, 6) is -3.69. The fraction of sp³-hybridized carbons (Fsp3) is 0.514. The van der Waals surface area contributed by atoms with E-state index in [1.165, 1.54) is 4.90 Å². The molecule has 2 aromatic carbocycles. The van der Waals surface area contributed by atoms with Gasteiger partial charge in [0.2, 0.25) is 29.4 Å². The van der Waals surface area contributed by atoms with Crippen LogP contribution >= 0.6 is 0 Å². The van der Waals surface area contributed by atoms with Gasteiger partial charge in [-0.3, -0.25) is 28.8 Å². The molecule has 1 saturated heterocycles. The molecule has 0 aromatic heterocycles. The summed E-state index contributed by atoms with van der Waals surface area (Å²) in [7, 11) is 1.55. The molecule has 2 aromatic rings. The number of amides is 5. The topological polar surface area (TPSA) is 154 Å². The maximum atomic E-state index is 14.1. The maximum Gasteiger partial charge on any atom is 0.289 e. The molecule has 11 nitrogen and oxygen atoms in total. The molecule has 1 heterocycles. The van der Waals surface area contributed by atoms with Crippen LogP contribution in [0.5, 0.6) is 0 Å². The van der Waals surface area contributed by atoms with E-state index in [1.54, 1.807) is 7.05 Å². The Balaban J connectivity index is 1.46. The summed E-state index contributed by atoms with van der Waals surface area (Å²) in [6, 6.07) is 15.8. The van der Waals surface area contributed by atoms with Gasteiger partial charge in [0, 0.05) is 32.5 Å². The monoisotopic (exact) mass is 659 g/mol. The average Bonchev–Trinajstić information content (AvgIpc) is 3.79. The number of aryl methyl sites for hydroxylation is 1. The van der Waals surface area contributed by atoms with Crippen molar-refractivity contribution in [1.29, 1.82) is 0 Å². The lowest BCUT2D eigenvalue weighted by Crippen LogP contribution is -2.58. The van der Waals surface area contributed by atoms with Gasteiger partial charge in [0.1, 0.15) is 12.1 Å². The van der Waals surface area contributed by atoms with E-state index >= 15 is 0 Å². The lowest BCUT2D eigenvalue weighted by molar-refractivity contribution is -0.145. The van der Waals surface area contributed by atoms with Crippen LogP contribution in [-0.2, 0) is 41.7 Å². The van der Waals surface area contributed by atoms with Gasteiger partial charge in [0.25, 0.3) is 5.91 Å². The Kier molecular flexibility index (Phi) is 13.7. The number of nitrogens with zero attached hydrogens (tertiary/aromatic N) is 1. The molecule has 0 radical (unpaired) electrons. The van der Waals surface area contributed by atoms with Gasteiger partial charge < -0.3 is 26.2 Å². The number of Topliss-reactive ketones (excluding diaryl/α,β-unsaturated/α-hetero) is 1. The first kappa shape index (κ1) is 36.3. The average molecular weight is 660 g/mol. The van der Waals surface area contributed by atoms with Crippen molar-refractivity contribution in [2.45, 2.75) is 95.8 Å². The zero-order valence-corrected chi connectivity index (χ0v) is 28.0. The molecule has 258 valence electrons. The van der Waals surface area contributed by atoms with Crippen molar-refractivity contribution in [1.82, 2.24) is 26.2 Å². The van der Waals surface area contributed by atoms with E-state index in [2.05, 4.69) is 21.3 Å². The molecule has 11 heteroatoms. The van der Waals surface area contributed by atoms with Gasteiger partial charge in [-0.2, -0.15) is 0 Å². The van der Waals surface area contributed by atoms with Crippen LogP contribution in [-0.4, -0.2) is 71.9 Å². The Labute approximate surface area is 283 Å². The molecule has 0 unspecified atom stereocenters. The van der Waals surface area contributed by atoms with Crippen molar-refractivity contribution in [3.63, 3.8) is 0 Å². The molecule has 5 amide bonds. The molecule has 0 bridgehead atoms. The van der Waals surface area contributed by atoms with Crippen LogP contribution in [0.4, 0.5) is 0 Å². The fourth-order valence-corrected chi connectivity index (χ4v) is 6.64. The summed E-state index contributed by atoms with van der Waals surface area (Å²) in [4.78, 5) is 81.3. The second-order valence-corrected chi connectivity index (χ2v) is 12.9. The summed E-state index contributed by atoms with van der Waals surface area (Å²) in [5, 5.41) is 11.1. The van der Waals surface area contributed by atoms with Gasteiger partial charge in [-0.05, 0) is 55.6 Å². The number of benzene rings is 2. The molecule has 1 aliphatic heterocycles. The summed E-state index contributed by atoms with van der Waals surface area (Å²) >= 11 is 0. The maximum absolute atomic E-state index is 14.1. The van der Waals surface area contributed by atoms with Crippen LogP contribution < -0.4 is 21.3 Å². The molecule has 4 atom stereocenters. The Bertz CT molecular complexity index is 1410. The number of ketones is 1. The highest BCUT2D eigenvalue weighted by atomic mass is 16.2. The smallest absolute Gasteiger partial charge is 0.289 e. The van der Waals surface area contributed by atoms with Crippen molar-refractivity contribution < 1.29 is 28.8 Å². The number of nitrogens with one attached hydrogen (secondary N) is 4. The van der Waals surface area contributed by atoms with E-state index in [4.69, 9.17) is 0 Å². The molecule has 1 aliphatic carbocycles. The zero-order valence-electron chi connectivity index (χ0n) is 28.0. The first-order valence-electron chi connectivity index (χ1n) is 17.2. The molecule has 2 fully saturated rings. The number of carbonyl (C=O) groups excluding carboxylic acids is 6. The fourth-order valence-electron chi connectivity index (χ4n) is 6.64. The van der Waals surface area contributed by atoms with Crippen molar-refractivity contribution in [2.24, 2.45) is 11.8 Å². The number of hydrogen-bond acceptors (Lipinski definition) is 6. The second-order valence-electron chi connectivity index (χ2n) is 12.9. The zero-order chi connectivity index (χ0) is 34.5. The van der Waals surface area contributed by atoms with Gasteiger partial charge in [-0.1, -0.05) is 86.8 Å². The number of likely N-dealkylation sites (N-methyl/N-ethyl adjacent to an activating group) is 1. The van der Waals surface area contributed by atoms with E-state index in [0.29, 0.717) is 32.2 Å². The summed E-state index contributed by atoms with van der Waals surface area (Å²) in [5.41, 5.74) is 1.84. The number of carbonyl (C=O) groups is 6. The quantitative estimate of drug-likeness (QED) is 0.192. The van der Waals surface area contributed by atoms with Gasteiger partial charge in [-0.25, -0.2) is 0 Å². The third kappa shape index (κ3) is 10.2. The molecule has 0 spiro atoms. The van der Waals surface area contributed by atoms with Crippen LogP contribution in [0.3, 0.4) is 0 Å². The normalized spacial score (nSPS) is 17.9. The molecule has 4 rings (SSSR count). The minimum Gasteiger partial charge on any atom is -0.356 e. The lowest BCUT2D eigenvalue weighted by Gasteiger charge is -2.34. The lowest BCUT2D eigenvalue weighted by atomic mass is 9.94. The predicted octanol–water partition coefficient (Wildman–Crippen LogP) is 2.82. The highest BCUT2D eigenvalue weighted by molar-refractivity contribution is 6.38. The van der Waals surface area contributed by atoms with Crippen LogP contribution in [0.2, 0.25) is 0 Å². The Morgan fingerprint density at radius 2 is 1.54 bits per heavy atom. The summed E-state index contributed by atoms with van der Waals surface area (Å²) in [6.07, 6.45) is 5.60. The van der Waals surface area contributed by atoms with Gasteiger partial charge in [0.05, 0.1) is 6.04 Å². The first-order chi connectivity index (χ1) is 23.2. The van der Waals surface area contributed by atoms with E-state index in [0.717, 1.165) is 36.8 Å². The predicted molar refractivity (Wildman–Crippen MR) is 181 cm³/mol. The third-order valence-corrected chi connectivity index (χ3v) is 9.45. The van der Waals surface area contributed by atoms with Gasteiger partial charge in [-0.15, -0.1) is 0 Å². The first-order valence-corrected chi connectivity index (χ1v) is 17.2. The molecule has 48 heavy (non-hydrogen) atoms. The molecule has 4 N–H and O–H groups in total. The number of rotatable bonds is 17. The van der Waals surface area contributed by atoms with Crippen molar-refractivity contribution in [2.75, 3.05) is 13.6 Å². The van der Waals surface area contributed by atoms with E-state index in [-0.39, 0.29) is 43.0 Å². The SMILES string of the molecule is CCC[C@@H](C(=O)N[C@@H](C[C@@H]1CCNC1=O)C(=O)C(=O)NCc1ccccc1)N(C)C(=O)[C@H](NC(=O)CCc1ccccc1)C1CCCC1. The van der Waals surface area contributed by atoms with E-state index in [1.807, 2.05) is 67.6 Å². The van der Waals surface area contributed by atoms with Crippen molar-refractivity contribution in [3.8, 4) is 0 Å². The highest BCUT2D eigenvalue weighted by Gasteiger charge is 2.39. The number of hydrogen-bond donors (Lipinski definition) is 4. The van der Waals surface area contributed by atoms with Crippen LogP contribution in [0, 0.1) is 11.8 Å². The third-order valence-electron chi connectivity index (χ3n) is 9.45. The molecular weight excluding hydrogens is 610 g/mol. The molecular formula is C37H49N5O6. The Morgan fingerprint density at radius 3 is 2.15 bits per heavy atom. The van der Waals surface area contributed by atoms with Gasteiger partial charge >= 0.3 is 0 Å².